The molecule has 2 aromatic rings. The van der Waals surface area contributed by atoms with Crippen LogP contribution in [-0.2, 0) is 13.6 Å². The minimum Gasteiger partial charge on any atom is -0.496 e. The number of aromatic nitrogens is 2. The summed E-state index contributed by atoms with van der Waals surface area (Å²) in [6.45, 7) is 0.765. The lowest BCUT2D eigenvalue weighted by Gasteiger charge is -2.10. The molecule has 0 fully saturated rings. The molecule has 5 heteroatoms. The predicted octanol–water partition coefficient (Wildman–Crippen LogP) is 2.58. The predicted molar refractivity (Wildman–Crippen MR) is 75.7 cm³/mol. The SMILES string of the molecule is CNCc1c(-c2cc(Br)ccc2OC)cnn1C. The zero-order valence-corrected chi connectivity index (χ0v) is 12.3. The molecule has 0 radical (unpaired) electrons. The van der Waals surface area contributed by atoms with E-state index in [1.54, 1.807) is 7.11 Å². The van der Waals surface area contributed by atoms with Gasteiger partial charge in [-0.25, -0.2) is 0 Å². The monoisotopic (exact) mass is 309 g/mol. The van der Waals surface area contributed by atoms with Crippen molar-refractivity contribution in [2.75, 3.05) is 14.2 Å². The van der Waals surface area contributed by atoms with E-state index in [0.29, 0.717) is 0 Å². The Morgan fingerprint density at radius 3 is 2.83 bits per heavy atom. The third-order valence-electron chi connectivity index (χ3n) is 2.86. The Balaban J connectivity index is 2.57. The topological polar surface area (TPSA) is 39.1 Å². The Bertz CT molecular complexity index is 551. The second kappa shape index (κ2) is 5.54. The highest BCUT2D eigenvalue weighted by Crippen LogP contribution is 2.34. The lowest BCUT2D eigenvalue weighted by Crippen LogP contribution is -2.10. The number of aryl methyl sites for hydroxylation is 1. The van der Waals surface area contributed by atoms with Crippen molar-refractivity contribution in [1.82, 2.24) is 15.1 Å². The molecule has 2 rings (SSSR count). The fourth-order valence-corrected chi connectivity index (χ4v) is 2.32. The fourth-order valence-electron chi connectivity index (χ4n) is 1.96. The van der Waals surface area contributed by atoms with Gasteiger partial charge in [-0.2, -0.15) is 5.10 Å². The van der Waals surface area contributed by atoms with Crippen LogP contribution in [-0.4, -0.2) is 23.9 Å². The summed E-state index contributed by atoms with van der Waals surface area (Å²) in [7, 11) is 5.55. The molecule has 0 aliphatic carbocycles. The van der Waals surface area contributed by atoms with Crippen LogP contribution in [0.3, 0.4) is 0 Å². The first kappa shape index (κ1) is 13.1. The minimum absolute atomic E-state index is 0.765. The van der Waals surface area contributed by atoms with E-state index in [1.807, 2.05) is 37.1 Å². The molecule has 0 atom stereocenters. The minimum atomic E-state index is 0.765. The van der Waals surface area contributed by atoms with Gasteiger partial charge in [-0.3, -0.25) is 4.68 Å². The number of rotatable bonds is 4. The van der Waals surface area contributed by atoms with Crippen LogP contribution in [0.15, 0.2) is 28.9 Å². The van der Waals surface area contributed by atoms with Gasteiger partial charge in [0.1, 0.15) is 5.75 Å². The van der Waals surface area contributed by atoms with Crippen LogP contribution in [0, 0.1) is 0 Å². The molecule has 1 N–H and O–H groups in total. The van der Waals surface area contributed by atoms with Gasteiger partial charge in [0, 0.05) is 29.2 Å². The Hall–Kier alpha value is -1.33. The molecule has 0 unspecified atom stereocenters. The summed E-state index contributed by atoms with van der Waals surface area (Å²) < 4.78 is 8.33. The lowest BCUT2D eigenvalue weighted by molar-refractivity contribution is 0.416. The van der Waals surface area contributed by atoms with Gasteiger partial charge in [-0.05, 0) is 25.2 Å². The molecule has 0 bridgehead atoms. The Kier molecular flexibility index (Phi) is 4.04. The number of nitrogens with zero attached hydrogens (tertiary/aromatic N) is 2. The zero-order chi connectivity index (χ0) is 13.1. The van der Waals surface area contributed by atoms with Gasteiger partial charge in [0.15, 0.2) is 0 Å². The van der Waals surface area contributed by atoms with Crippen LogP contribution >= 0.6 is 15.9 Å². The van der Waals surface area contributed by atoms with Gasteiger partial charge >= 0.3 is 0 Å². The molecule has 0 aliphatic heterocycles. The second-order valence-corrected chi connectivity index (χ2v) is 4.92. The van der Waals surface area contributed by atoms with Crippen LogP contribution in [0.4, 0.5) is 0 Å². The standard InChI is InChI=1S/C13H16BrN3O/c1-15-8-12-11(7-16-17(12)2)10-6-9(14)4-5-13(10)18-3/h4-7,15H,8H2,1-3H3. The van der Waals surface area contributed by atoms with Crippen LogP contribution in [0.1, 0.15) is 5.69 Å². The highest BCUT2D eigenvalue weighted by Gasteiger charge is 2.14. The highest BCUT2D eigenvalue weighted by atomic mass is 79.9. The number of benzene rings is 1. The summed E-state index contributed by atoms with van der Waals surface area (Å²) in [5.74, 6) is 0.851. The summed E-state index contributed by atoms with van der Waals surface area (Å²) in [6.07, 6.45) is 1.87. The fraction of sp³-hybridized carbons (Fsp3) is 0.308. The molecule has 18 heavy (non-hydrogen) atoms. The normalized spacial score (nSPS) is 10.7. The largest absolute Gasteiger partial charge is 0.496 e. The van der Waals surface area contributed by atoms with Crippen molar-refractivity contribution in [3.05, 3.63) is 34.6 Å². The maximum atomic E-state index is 5.42. The van der Waals surface area contributed by atoms with E-state index >= 15 is 0 Å². The molecular formula is C13H16BrN3O. The highest BCUT2D eigenvalue weighted by molar-refractivity contribution is 9.10. The quantitative estimate of drug-likeness (QED) is 0.943. The Morgan fingerprint density at radius 2 is 2.17 bits per heavy atom. The van der Waals surface area contributed by atoms with Crippen molar-refractivity contribution in [1.29, 1.82) is 0 Å². The first-order valence-corrected chi connectivity index (χ1v) is 6.46. The van der Waals surface area contributed by atoms with Gasteiger partial charge in [0.2, 0.25) is 0 Å². The van der Waals surface area contributed by atoms with Gasteiger partial charge in [-0.1, -0.05) is 15.9 Å². The molecule has 0 saturated heterocycles. The third-order valence-corrected chi connectivity index (χ3v) is 3.35. The first-order valence-electron chi connectivity index (χ1n) is 5.66. The van der Waals surface area contributed by atoms with E-state index < -0.39 is 0 Å². The smallest absolute Gasteiger partial charge is 0.126 e. The van der Waals surface area contributed by atoms with Crippen molar-refractivity contribution in [3.63, 3.8) is 0 Å². The maximum Gasteiger partial charge on any atom is 0.126 e. The molecule has 96 valence electrons. The average molecular weight is 310 g/mol. The van der Waals surface area contributed by atoms with E-state index in [0.717, 1.165) is 33.6 Å². The number of halogens is 1. The van der Waals surface area contributed by atoms with Gasteiger partial charge in [-0.15, -0.1) is 0 Å². The Labute approximate surface area is 115 Å². The summed E-state index contributed by atoms with van der Waals surface area (Å²) in [5, 5.41) is 7.48. The second-order valence-electron chi connectivity index (χ2n) is 4.00. The van der Waals surface area contributed by atoms with E-state index in [9.17, 15) is 0 Å². The summed E-state index contributed by atoms with van der Waals surface area (Å²) in [4.78, 5) is 0. The van der Waals surface area contributed by atoms with Crippen LogP contribution in [0.25, 0.3) is 11.1 Å². The number of hydrogen-bond acceptors (Lipinski definition) is 3. The molecule has 4 nitrogen and oxygen atoms in total. The first-order chi connectivity index (χ1) is 8.67. The zero-order valence-electron chi connectivity index (χ0n) is 10.7. The number of hydrogen-bond donors (Lipinski definition) is 1. The molecule has 0 amide bonds. The number of nitrogens with one attached hydrogen (secondary N) is 1. The van der Waals surface area contributed by atoms with Crippen LogP contribution in [0.5, 0.6) is 5.75 Å². The molecular weight excluding hydrogens is 294 g/mol. The summed E-state index contributed by atoms with van der Waals surface area (Å²) in [6, 6.07) is 5.97. The van der Waals surface area contributed by atoms with Crippen molar-refractivity contribution >= 4 is 15.9 Å². The molecule has 1 aromatic heterocycles. The molecule has 0 spiro atoms. The van der Waals surface area contributed by atoms with Gasteiger partial charge in [0.05, 0.1) is 19.0 Å². The molecule has 0 saturated carbocycles. The third kappa shape index (κ3) is 2.42. The van der Waals surface area contributed by atoms with Gasteiger partial charge < -0.3 is 10.1 Å². The van der Waals surface area contributed by atoms with Crippen LogP contribution < -0.4 is 10.1 Å². The van der Waals surface area contributed by atoms with Crippen molar-refractivity contribution < 1.29 is 4.74 Å². The van der Waals surface area contributed by atoms with Crippen molar-refractivity contribution in [2.45, 2.75) is 6.54 Å². The van der Waals surface area contributed by atoms with E-state index in [1.165, 1.54) is 0 Å². The number of methoxy groups -OCH3 is 1. The molecule has 1 aromatic carbocycles. The van der Waals surface area contributed by atoms with Crippen molar-refractivity contribution in [3.8, 4) is 16.9 Å². The summed E-state index contributed by atoms with van der Waals surface area (Å²) in [5.41, 5.74) is 3.27. The van der Waals surface area contributed by atoms with E-state index in [4.69, 9.17) is 4.74 Å². The average Bonchev–Trinajstić information content (AvgIpc) is 2.72. The van der Waals surface area contributed by atoms with E-state index in [-0.39, 0.29) is 0 Å². The van der Waals surface area contributed by atoms with E-state index in [2.05, 4.69) is 32.4 Å². The molecule has 0 aliphatic rings. The lowest BCUT2D eigenvalue weighted by atomic mass is 10.1. The summed E-state index contributed by atoms with van der Waals surface area (Å²) >= 11 is 3.49. The Morgan fingerprint density at radius 1 is 1.39 bits per heavy atom. The van der Waals surface area contributed by atoms with Crippen LogP contribution in [0.2, 0.25) is 0 Å². The number of ether oxygens (including phenoxy) is 1. The maximum absolute atomic E-state index is 5.42. The molecule has 1 heterocycles. The van der Waals surface area contributed by atoms with Gasteiger partial charge in [0.25, 0.3) is 0 Å². The van der Waals surface area contributed by atoms with Crippen molar-refractivity contribution in [2.24, 2.45) is 7.05 Å².